The zero-order chi connectivity index (χ0) is 19.8. The Bertz CT molecular complexity index is 1070. The van der Waals surface area contributed by atoms with E-state index in [9.17, 15) is 9.90 Å². The first-order chi connectivity index (χ1) is 13.5. The molecule has 5 nitrogen and oxygen atoms in total. The van der Waals surface area contributed by atoms with E-state index in [1.54, 1.807) is 23.0 Å². The van der Waals surface area contributed by atoms with Crippen LogP contribution < -0.4 is 10.3 Å². The number of thioether (sulfide) groups is 1. The molecule has 0 fully saturated rings. The highest BCUT2D eigenvalue weighted by Gasteiger charge is 2.22. The quantitative estimate of drug-likeness (QED) is 0.491. The fourth-order valence-corrected chi connectivity index (χ4v) is 5.84. The van der Waals surface area contributed by atoms with Crippen molar-refractivity contribution in [3.05, 3.63) is 50.1 Å². The Kier molecular flexibility index (Phi) is 5.49. The molecule has 0 bridgehead atoms. The lowest BCUT2D eigenvalue weighted by Crippen LogP contribution is -2.23. The molecule has 0 amide bonds. The Labute approximate surface area is 172 Å². The van der Waals surface area contributed by atoms with Crippen molar-refractivity contribution >= 4 is 33.3 Å². The zero-order valence-electron chi connectivity index (χ0n) is 16.3. The maximum absolute atomic E-state index is 12.8. The number of benzene rings is 1. The average molecular weight is 417 g/mol. The van der Waals surface area contributed by atoms with Crippen molar-refractivity contribution in [1.29, 1.82) is 0 Å². The molecule has 0 radical (unpaired) electrons. The van der Waals surface area contributed by atoms with E-state index in [1.165, 1.54) is 22.2 Å². The molecule has 2 aromatic heterocycles. The van der Waals surface area contributed by atoms with E-state index in [4.69, 9.17) is 9.72 Å². The number of fused-ring (bicyclic) bond motifs is 3. The maximum atomic E-state index is 12.8. The minimum atomic E-state index is -0.648. The van der Waals surface area contributed by atoms with Gasteiger partial charge in [-0.25, -0.2) is 4.98 Å². The first-order valence-corrected chi connectivity index (χ1v) is 11.3. The minimum Gasteiger partial charge on any atom is -0.490 e. The van der Waals surface area contributed by atoms with E-state index in [2.05, 4.69) is 0 Å². The molecular weight excluding hydrogens is 392 g/mol. The summed E-state index contributed by atoms with van der Waals surface area (Å²) in [5.74, 6) is 1.24. The van der Waals surface area contributed by atoms with Gasteiger partial charge in [0.15, 0.2) is 5.16 Å². The van der Waals surface area contributed by atoms with E-state index >= 15 is 0 Å². The normalized spacial score (nSPS) is 14.4. The summed E-state index contributed by atoms with van der Waals surface area (Å²) in [7, 11) is 1.76. The fraction of sp³-hybridized carbons (Fsp3) is 0.429. The number of hydrogen-bond donors (Lipinski definition) is 1. The van der Waals surface area contributed by atoms with Crippen LogP contribution in [-0.4, -0.2) is 33.1 Å². The molecule has 1 N–H and O–H groups in total. The van der Waals surface area contributed by atoms with Gasteiger partial charge >= 0.3 is 0 Å². The SMILES string of the molecule is Cc1cccc(C)c1OC[C@H](O)CSc1nc2sc3c(c2c(=O)n1C)CCC3. The van der Waals surface area contributed by atoms with Gasteiger partial charge in [-0.15, -0.1) is 11.3 Å². The van der Waals surface area contributed by atoms with Crippen LogP contribution in [0.3, 0.4) is 0 Å². The van der Waals surface area contributed by atoms with Gasteiger partial charge in [0.1, 0.15) is 17.2 Å². The highest BCUT2D eigenvalue weighted by atomic mass is 32.2. The van der Waals surface area contributed by atoms with Crippen molar-refractivity contribution in [3.8, 4) is 5.75 Å². The molecule has 1 aliphatic rings. The second-order valence-electron chi connectivity index (χ2n) is 7.29. The summed E-state index contributed by atoms with van der Waals surface area (Å²) in [6.07, 6.45) is 2.51. The average Bonchev–Trinajstić information content (AvgIpc) is 3.23. The van der Waals surface area contributed by atoms with E-state index in [0.29, 0.717) is 10.9 Å². The molecule has 2 heterocycles. The van der Waals surface area contributed by atoms with Crippen molar-refractivity contribution in [2.75, 3.05) is 12.4 Å². The van der Waals surface area contributed by atoms with Gasteiger partial charge in [-0.1, -0.05) is 30.0 Å². The predicted octanol–water partition coefficient (Wildman–Crippen LogP) is 3.63. The molecule has 1 aromatic carbocycles. The minimum absolute atomic E-state index is 0.0215. The number of para-hydroxylation sites is 1. The number of aryl methyl sites for hydroxylation is 4. The van der Waals surface area contributed by atoms with Crippen LogP contribution in [-0.2, 0) is 19.9 Å². The molecule has 4 rings (SSSR count). The largest absolute Gasteiger partial charge is 0.490 e. The number of rotatable bonds is 6. The Balaban J connectivity index is 1.45. The molecule has 0 spiro atoms. The summed E-state index contributed by atoms with van der Waals surface area (Å²) in [6.45, 7) is 4.20. The maximum Gasteiger partial charge on any atom is 0.262 e. The molecule has 0 unspecified atom stereocenters. The molecule has 7 heteroatoms. The molecule has 3 aromatic rings. The molecule has 0 aliphatic heterocycles. The van der Waals surface area contributed by atoms with Crippen LogP contribution in [0.5, 0.6) is 5.75 Å². The lowest BCUT2D eigenvalue weighted by atomic mass is 10.1. The standard InChI is InChI=1S/C21H24N2O3S2/c1-12-6-4-7-13(2)18(12)26-10-14(24)11-27-21-22-19-17(20(25)23(21)3)15-8-5-9-16(15)28-19/h4,6-7,14,24H,5,8-11H2,1-3H3/t14-/m0/s1. The first kappa shape index (κ1) is 19.5. The highest BCUT2D eigenvalue weighted by molar-refractivity contribution is 7.99. The van der Waals surface area contributed by atoms with Crippen molar-refractivity contribution < 1.29 is 9.84 Å². The van der Waals surface area contributed by atoms with E-state index in [1.807, 2.05) is 32.0 Å². The van der Waals surface area contributed by atoms with Crippen LogP contribution in [0.25, 0.3) is 10.2 Å². The van der Waals surface area contributed by atoms with Gasteiger partial charge in [0.2, 0.25) is 0 Å². The fourth-order valence-electron chi connectivity index (χ4n) is 3.66. The molecule has 1 atom stereocenters. The number of aliphatic hydroxyl groups is 1. The van der Waals surface area contributed by atoms with Crippen LogP contribution in [0.1, 0.15) is 28.0 Å². The summed E-state index contributed by atoms with van der Waals surface area (Å²) in [6, 6.07) is 5.99. The Morgan fingerprint density at radius 3 is 2.82 bits per heavy atom. The number of aliphatic hydroxyl groups excluding tert-OH is 1. The third-order valence-electron chi connectivity index (χ3n) is 5.14. The van der Waals surface area contributed by atoms with Crippen LogP contribution in [0.4, 0.5) is 0 Å². The van der Waals surface area contributed by atoms with Crippen molar-refractivity contribution in [2.45, 2.75) is 44.4 Å². The summed E-state index contributed by atoms with van der Waals surface area (Å²) < 4.78 is 7.44. The van der Waals surface area contributed by atoms with Crippen LogP contribution >= 0.6 is 23.1 Å². The first-order valence-electron chi connectivity index (χ1n) is 9.47. The lowest BCUT2D eigenvalue weighted by Gasteiger charge is -2.15. The highest BCUT2D eigenvalue weighted by Crippen LogP contribution is 2.35. The van der Waals surface area contributed by atoms with Gasteiger partial charge in [-0.3, -0.25) is 9.36 Å². The summed E-state index contributed by atoms with van der Waals surface area (Å²) in [4.78, 5) is 19.7. The Hall–Kier alpha value is -1.83. The van der Waals surface area contributed by atoms with Gasteiger partial charge in [-0.2, -0.15) is 0 Å². The number of hydrogen-bond acceptors (Lipinski definition) is 6. The number of aromatic nitrogens is 2. The van der Waals surface area contributed by atoms with Crippen molar-refractivity contribution in [3.63, 3.8) is 0 Å². The van der Waals surface area contributed by atoms with E-state index < -0.39 is 6.10 Å². The van der Waals surface area contributed by atoms with Gasteiger partial charge in [0.05, 0.1) is 11.5 Å². The Morgan fingerprint density at radius 2 is 2.07 bits per heavy atom. The summed E-state index contributed by atoms with van der Waals surface area (Å²) >= 11 is 3.04. The van der Waals surface area contributed by atoms with Gasteiger partial charge in [-0.05, 0) is 49.8 Å². The molecule has 0 saturated heterocycles. The third kappa shape index (κ3) is 3.58. The molecule has 0 saturated carbocycles. The molecule has 148 valence electrons. The van der Waals surface area contributed by atoms with E-state index in [-0.39, 0.29) is 12.2 Å². The topological polar surface area (TPSA) is 64.3 Å². The molecular formula is C21H24N2O3S2. The van der Waals surface area contributed by atoms with Gasteiger partial charge in [0.25, 0.3) is 5.56 Å². The van der Waals surface area contributed by atoms with Crippen molar-refractivity contribution in [2.24, 2.45) is 7.05 Å². The second-order valence-corrected chi connectivity index (χ2v) is 9.36. The number of ether oxygens (including phenoxy) is 1. The number of nitrogens with zero attached hydrogens (tertiary/aromatic N) is 2. The molecule has 28 heavy (non-hydrogen) atoms. The summed E-state index contributed by atoms with van der Waals surface area (Å²) in [5, 5.41) is 11.8. The van der Waals surface area contributed by atoms with E-state index in [0.717, 1.165) is 46.4 Å². The summed E-state index contributed by atoms with van der Waals surface area (Å²) in [5.41, 5.74) is 3.33. The van der Waals surface area contributed by atoms with Crippen LogP contribution in [0, 0.1) is 13.8 Å². The zero-order valence-corrected chi connectivity index (χ0v) is 18.0. The number of thiophene rings is 1. The van der Waals surface area contributed by atoms with Gasteiger partial charge < -0.3 is 9.84 Å². The van der Waals surface area contributed by atoms with Crippen molar-refractivity contribution in [1.82, 2.24) is 9.55 Å². The third-order valence-corrected chi connectivity index (χ3v) is 7.50. The smallest absolute Gasteiger partial charge is 0.262 e. The molecule has 1 aliphatic carbocycles. The second kappa shape index (κ2) is 7.89. The Morgan fingerprint density at radius 1 is 1.32 bits per heavy atom. The van der Waals surface area contributed by atoms with Crippen LogP contribution in [0.2, 0.25) is 0 Å². The predicted molar refractivity (Wildman–Crippen MR) is 115 cm³/mol. The van der Waals surface area contributed by atoms with Crippen LogP contribution in [0.15, 0.2) is 28.2 Å². The lowest BCUT2D eigenvalue weighted by molar-refractivity contribution is 0.125. The monoisotopic (exact) mass is 416 g/mol. The van der Waals surface area contributed by atoms with Gasteiger partial charge in [0, 0.05) is 17.7 Å².